The largest absolute Gasteiger partial charge is 0.495 e. The van der Waals surface area contributed by atoms with Crippen molar-refractivity contribution < 1.29 is 17.9 Å². The van der Waals surface area contributed by atoms with Crippen LogP contribution in [0.3, 0.4) is 0 Å². The molecule has 0 unspecified atom stereocenters. The van der Waals surface area contributed by atoms with E-state index < -0.39 is 10.0 Å². The summed E-state index contributed by atoms with van der Waals surface area (Å²) >= 11 is 0. The number of unbranched alkanes of at least 4 members (excludes halogenated alkanes) is 2. The van der Waals surface area contributed by atoms with E-state index in [-0.39, 0.29) is 16.8 Å². The average molecular weight is 340 g/mol. The predicted molar refractivity (Wildman–Crippen MR) is 89.1 cm³/mol. The number of carbonyl (C=O) groups excluding carboxylic acids is 1. The van der Waals surface area contributed by atoms with Gasteiger partial charge in [0.1, 0.15) is 5.75 Å². The van der Waals surface area contributed by atoms with E-state index in [1.807, 2.05) is 0 Å². The highest BCUT2D eigenvalue weighted by atomic mass is 32.2. The Labute approximate surface area is 137 Å². The summed E-state index contributed by atoms with van der Waals surface area (Å²) in [6.45, 7) is 2.07. The van der Waals surface area contributed by atoms with Crippen LogP contribution in [0.15, 0.2) is 23.1 Å². The zero-order valence-corrected chi connectivity index (χ0v) is 14.4. The lowest BCUT2D eigenvalue weighted by molar-refractivity contribution is -0.116. The summed E-state index contributed by atoms with van der Waals surface area (Å²) in [5.74, 6) is 0.306. The molecule has 23 heavy (non-hydrogen) atoms. The monoisotopic (exact) mass is 340 g/mol. The summed E-state index contributed by atoms with van der Waals surface area (Å²) in [5.41, 5.74) is 0.382. The number of anilines is 1. The maximum atomic E-state index is 12.3. The number of hydrogen-bond acceptors (Lipinski definition) is 4. The third-order valence-electron chi connectivity index (χ3n) is 3.66. The molecule has 0 atom stereocenters. The second kappa shape index (κ2) is 7.79. The van der Waals surface area contributed by atoms with Crippen LogP contribution in [-0.4, -0.2) is 27.5 Å². The Kier molecular flexibility index (Phi) is 6.01. The van der Waals surface area contributed by atoms with Crippen LogP contribution in [0, 0.1) is 0 Å². The fourth-order valence-corrected chi connectivity index (χ4v) is 3.52. The molecule has 6 nitrogen and oxygen atoms in total. The Morgan fingerprint density at radius 2 is 2.04 bits per heavy atom. The van der Waals surface area contributed by atoms with Gasteiger partial charge in [-0.25, -0.2) is 13.1 Å². The molecule has 2 rings (SSSR count). The summed E-state index contributed by atoms with van der Waals surface area (Å²) in [4.78, 5) is 12.1. The van der Waals surface area contributed by atoms with Crippen molar-refractivity contribution in [3.8, 4) is 5.75 Å². The molecule has 1 amide bonds. The van der Waals surface area contributed by atoms with Gasteiger partial charge in [-0.05, 0) is 37.5 Å². The summed E-state index contributed by atoms with van der Waals surface area (Å²) < 4.78 is 32.4. The van der Waals surface area contributed by atoms with Crippen LogP contribution in [0.1, 0.15) is 45.4 Å². The van der Waals surface area contributed by atoms with E-state index in [9.17, 15) is 13.2 Å². The number of sulfonamides is 1. The molecule has 7 heteroatoms. The molecule has 0 radical (unpaired) electrons. The van der Waals surface area contributed by atoms with Crippen molar-refractivity contribution in [1.82, 2.24) is 4.72 Å². The quantitative estimate of drug-likeness (QED) is 0.677. The lowest BCUT2D eigenvalue weighted by Gasteiger charge is -2.13. The first kappa shape index (κ1) is 17.7. The first-order valence-corrected chi connectivity index (χ1v) is 9.45. The second-order valence-corrected chi connectivity index (χ2v) is 7.48. The maximum absolute atomic E-state index is 12.3. The van der Waals surface area contributed by atoms with Crippen LogP contribution in [0.4, 0.5) is 5.69 Å². The van der Waals surface area contributed by atoms with Crippen LogP contribution >= 0.6 is 0 Å². The standard InChI is InChI=1S/C16H24N2O4S/c1-3-4-5-6-16(19)17-14-11-13(9-10-15(14)22-2)23(20,21)18-12-7-8-12/h9-12,18H,3-8H2,1-2H3,(H,17,19). The Morgan fingerprint density at radius 3 is 2.65 bits per heavy atom. The van der Waals surface area contributed by atoms with Gasteiger partial charge < -0.3 is 10.1 Å². The zero-order valence-electron chi connectivity index (χ0n) is 13.6. The molecule has 1 fully saturated rings. The Hall–Kier alpha value is -1.60. The predicted octanol–water partition coefficient (Wildman–Crippen LogP) is 2.65. The minimum atomic E-state index is -3.56. The van der Waals surface area contributed by atoms with E-state index >= 15 is 0 Å². The number of hydrogen-bond donors (Lipinski definition) is 2. The van der Waals surface area contributed by atoms with Gasteiger partial charge in [-0.2, -0.15) is 0 Å². The highest BCUT2D eigenvalue weighted by Gasteiger charge is 2.28. The van der Waals surface area contributed by atoms with Crippen molar-refractivity contribution >= 4 is 21.6 Å². The third-order valence-corrected chi connectivity index (χ3v) is 5.18. The van der Waals surface area contributed by atoms with Gasteiger partial charge >= 0.3 is 0 Å². The van der Waals surface area contributed by atoms with Crippen molar-refractivity contribution in [2.24, 2.45) is 0 Å². The Bertz CT molecular complexity index is 654. The lowest BCUT2D eigenvalue weighted by atomic mass is 10.2. The Morgan fingerprint density at radius 1 is 1.30 bits per heavy atom. The van der Waals surface area contributed by atoms with Gasteiger partial charge in [-0.1, -0.05) is 19.8 Å². The number of benzene rings is 1. The molecule has 1 aliphatic carbocycles. The molecule has 1 saturated carbocycles. The average Bonchev–Trinajstić information content (AvgIpc) is 3.30. The van der Waals surface area contributed by atoms with Gasteiger partial charge in [0, 0.05) is 12.5 Å². The fourth-order valence-electron chi connectivity index (χ4n) is 2.19. The fraction of sp³-hybridized carbons (Fsp3) is 0.562. The van der Waals surface area contributed by atoms with Gasteiger partial charge in [0.15, 0.2) is 0 Å². The SMILES string of the molecule is CCCCCC(=O)Nc1cc(S(=O)(=O)NC2CC2)ccc1OC. The zero-order chi connectivity index (χ0) is 16.9. The summed E-state index contributed by atoms with van der Waals surface area (Å²) in [5, 5.41) is 2.75. The van der Waals surface area contributed by atoms with Crippen molar-refractivity contribution in [3.05, 3.63) is 18.2 Å². The van der Waals surface area contributed by atoms with E-state index in [2.05, 4.69) is 17.0 Å². The minimum absolute atomic E-state index is 0.0363. The topological polar surface area (TPSA) is 84.5 Å². The first-order valence-electron chi connectivity index (χ1n) is 7.96. The van der Waals surface area contributed by atoms with Gasteiger partial charge in [0.2, 0.25) is 15.9 Å². The molecule has 0 aliphatic heterocycles. The second-order valence-electron chi connectivity index (χ2n) is 5.76. The molecule has 0 spiro atoms. The number of ether oxygens (including phenoxy) is 1. The third kappa shape index (κ3) is 5.21. The van der Waals surface area contributed by atoms with E-state index in [4.69, 9.17) is 4.74 Å². The minimum Gasteiger partial charge on any atom is -0.495 e. The van der Waals surface area contributed by atoms with Gasteiger partial charge in [-0.3, -0.25) is 4.79 Å². The van der Waals surface area contributed by atoms with E-state index in [1.165, 1.54) is 19.2 Å². The van der Waals surface area contributed by atoms with Gasteiger partial charge in [0.05, 0.1) is 17.7 Å². The number of methoxy groups -OCH3 is 1. The van der Waals surface area contributed by atoms with Crippen molar-refractivity contribution in [2.45, 2.75) is 56.4 Å². The molecule has 0 bridgehead atoms. The molecule has 2 N–H and O–H groups in total. The first-order chi connectivity index (χ1) is 11.0. The highest BCUT2D eigenvalue weighted by molar-refractivity contribution is 7.89. The summed E-state index contributed by atoms with van der Waals surface area (Å²) in [7, 11) is -2.07. The molecule has 0 heterocycles. The molecule has 128 valence electrons. The normalized spacial score (nSPS) is 14.5. The smallest absolute Gasteiger partial charge is 0.240 e. The van der Waals surface area contributed by atoms with E-state index in [0.717, 1.165) is 32.1 Å². The molecule has 0 saturated heterocycles. The summed E-state index contributed by atoms with van der Waals surface area (Å²) in [6, 6.07) is 4.52. The lowest BCUT2D eigenvalue weighted by Crippen LogP contribution is -2.25. The molecule has 1 aromatic carbocycles. The van der Waals surface area contributed by atoms with E-state index in [1.54, 1.807) is 6.07 Å². The molecular weight excluding hydrogens is 316 g/mol. The molecular formula is C16H24N2O4S. The molecule has 0 aromatic heterocycles. The van der Waals surface area contributed by atoms with Crippen molar-refractivity contribution in [3.63, 3.8) is 0 Å². The van der Waals surface area contributed by atoms with Crippen molar-refractivity contribution in [1.29, 1.82) is 0 Å². The van der Waals surface area contributed by atoms with Crippen LogP contribution in [0.5, 0.6) is 5.75 Å². The van der Waals surface area contributed by atoms with Crippen molar-refractivity contribution in [2.75, 3.05) is 12.4 Å². The molecule has 1 aromatic rings. The number of rotatable bonds is 9. The van der Waals surface area contributed by atoms with Gasteiger partial charge in [-0.15, -0.1) is 0 Å². The number of amides is 1. The number of nitrogens with one attached hydrogen (secondary N) is 2. The van der Waals surface area contributed by atoms with Gasteiger partial charge in [0.25, 0.3) is 0 Å². The summed E-state index contributed by atoms with van der Waals surface area (Å²) in [6.07, 6.45) is 4.99. The van der Waals surface area contributed by atoms with Crippen LogP contribution < -0.4 is 14.8 Å². The number of carbonyl (C=O) groups is 1. The Balaban J connectivity index is 2.13. The van der Waals surface area contributed by atoms with Crippen LogP contribution in [-0.2, 0) is 14.8 Å². The molecule has 1 aliphatic rings. The highest BCUT2D eigenvalue weighted by Crippen LogP contribution is 2.29. The van der Waals surface area contributed by atoms with Crippen LogP contribution in [0.2, 0.25) is 0 Å². The van der Waals surface area contributed by atoms with Crippen LogP contribution in [0.25, 0.3) is 0 Å². The maximum Gasteiger partial charge on any atom is 0.240 e. The van der Waals surface area contributed by atoms with E-state index in [0.29, 0.717) is 17.9 Å².